The second-order valence-electron chi connectivity index (χ2n) is 5.15. The molecule has 0 saturated carbocycles. The lowest BCUT2D eigenvalue weighted by Crippen LogP contribution is -2.36. The fourth-order valence-electron chi connectivity index (χ4n) is 2.68. The third-order valence-corrected chi connectivity index (χ3v) is 4.18. The van der Waals surface area contributed by atoms with Gasteiger partial charge in [0.1, 0.15) is 10.7 Å². The number of halogens is 1. The first-order valence-electron chi connectivity index (χ1n) is 6.74. The maximum absolute atomic E-state index is 10.1. The number of likely N-dealkylation sites (tertiary alicyclic amines) is 1. The molecular formula is C13H17BrN4O2. The van der Waals surface area contributed by atoms with Crippen molar-refractivity contribution in [2.24, 2.45) is 0 Å². The van der Waals surface area contributed by atoms with Gasteiger partial charge < -0.3 is 14.5 Å². The van der Waals surface area contributed by atoms with Gasteiger partial charge in [0.15, 0.2) is 5.76 Å². The van der Waals surface area contributed by atoms with Crippen LogP contribution >= 0.6 is 15.9 Å². The molecule has 0 aromatic carbocycles. The van der Waals surface area contributed by atoms with Gasteiger partial charge >= 0.3 is 0 Å². The van der Waals surface area contributed by atoms with Crippen LogP contribution in [0.3, 0.4) is 0 Å². The highest BCUT2D eigenvalue weighted by Crippen LogP contribution is 2.27. The van der Waals surface area contributed by atoms with Crippen LogP contribution in [0.15, 0.2) is 27.5 Å². The number of β-amino-alcohol motifs (C(OH)–C–C–N with tert-alkyl or cyclic N) is 1. The lowest BCUT2D eigenvalue weighted by Gasteiger charge is -2.32. The number of aromatic amines is 1. The summed E-state index contributed by atoms with van der Waals surface area (Å²) in [5, 5.41) is 20.9. The van der Waals surface area contributed by atoms with Gasteiger partial charge in [-0.05, 0) is 47.9 Å². The van der Waals surface area contributed by atoms with Crippen molar-refractivity contribution in [3.05, 3.63) is 34.4 Å². The molecule has 0 amide bonds. The molecule has 108 valence electrons. The molecule has 1 unspecified atom stereocenters. The van der Waals surface area contributed by atoms with Crippen LogP contribution in [0.5, 0.6) is 0 Å². The molecule has 0 bridgehead atoms. The molecule has 6 nitrogen and oxygen atoms in total. The van der Waals surface area contributed by atoms with E-state index >= 15 is 0 Å². The Kier molecular flexibility index (Phi) is 4.18. The average molecular weight is 341 g/mol. The van der Waals surface area contributed by atoms with E-state index in [-0.39, 0.29) is 0 Å². The van der Waals surface area contributed by atoms with Crippen LogP contribution in [-0.2, 0) is 0 Å². The highest BCUT2D eigenvalue weighted by molar-refractivity contribution is 9.10. The number of nitrogens with one attached hydrogen (secondary N) is 1. The summed E-state index contributed by atoms with van der Waals surface area (Å²) in [5.74, 6) is 1.05. The molecule has 1 aliphatic rings. The van der Waals surface area contributed by atoms with Gasteiger partial charge in [0.05, 0.1) is 0 Å². The Morgan fingerprint density at radius 2 is 2.30 bits per heavy atom. The Labute approximate surface area is 125 Å². The van der Waals surface area contributed by atoms with E-state index in [1.165, 1.54) is 5.69 Å². The predicted molar refractivity (Wildman–Crippen MR) is 76.2 cm³/mol. The second-order valence-corrected chi connectivity index (χ2v) is 5.97. The van der Waals surface area contributed by atoms with Gasteiger partial charge in [-0.1, -0.05) is 5.16 Å². The van der Waals surface area contributed by atoms with Crippen LogP contribution in [0.25, 0.3) is 0 Å². The van der Waals surface area contributed by atoms with Crippen molar-refractivity contribution < 1.29 is 9.63 Å². The number of rotatable bonds is 4. The molecule has 1 aliphatic heterocycles. The van der Waals surface area contributed by atoms with Gasteiger partial charge in [-0.3, -0.25) is 5.10 Å². The normalized spacial score (nSPS) is 19.3. The standard InChI is InChI=1S/C13H17BrN4O2/c14-13-7-12(20-17-13)11(19)8-18-5-2-9(3-6-18)10-1-4-15-16-10/h1,4,7,9,11,19H,2-3,5-6,8H2,(H,15,16). The Morgan fingerprint density at radius 1 is 1.50 bits per heavy atom. The van der Waals surface area contributed by atoms with Gasteiger partial charge in [-0.25, -0.2) is 0 Å². The van der Waals surface area contributed by atoms with E-state index in [9.17, 15) is 5.11 Å². The highest BCUT2D eigenvalue weighted by atomic mass is 79.9. The lowest BCUT2D eigenvalue weighted by molar-refractivity contribution is 0.0764. The summed E-state index contributed by atoms with van der Waals surface area (Å²) in [6.45, 7) is 2.52. The van der Waals surface area contributed by atoms with Crippen LogP contribution in [-0.4, -0.2) is 45.0 Å². The molecule has 0 radical (unpaired) electrons. The fraction of sp³-hybridized carbons (Fsp3) is 0.538. The van der Waals surface area contributed by atoms with Crippen LogP contribution in [0.4, 0.5) is 0 Å². The van der Waals surface area contributed by atoms with Crippen molar-refractivity contribution in [3.63, 3.8) is 0 Å². The quantitative estimate of drug-likeness (QED) is 0.890. The molecule has 3 heterocycles. The smallest absolute Gasteiger partial charge is 0.167 e. The summed E-state index contributed by atoms with van der Waals surface area (Å²) >= 11 is 3.22. The number of H-pyrrole nitrogens is 1. The first-order chi connectivity index (χ1) is 9.72. The molecule has 2 aromatic rings. The summed E-state index contributed by atoms with van der Waals surface area (Å²) in [4.78, 5) is 2.26. The van der Waals surface area contributed by atoms with Crippen LogP contribution in [0.2, 0.25) is 0 Å². The minimum absolute atomic E-state index is 0.507. The van der Waals surface area contributed by atoms with Gasteiger partial charge in [-0.15, -0.1) is 0 Å². The molecule has 2 N–H and O–H groups in total. The van der Waals surface area contributed by atoms with Crippen molar-refractivity contribution in [3.8, 4) is 0 Å². The van der Waals surface area contributed by atoms with Crippen molar-refractivity contribution >= 4 is 15.9 Å². The van der Waals surface area contributed by atoms with E-state index < -0.39 is 6.10 Å². The topological polar surface area (TPSA) is 78.2 Å². The fourth-order valence-corrected chi connectivity index (χ4v) is 2.98. The van der Waals surface area contributed by atoms with E-state index in [0.717, 1.165) is 25.9 Å². The minimum Gasteiger partial charge on any atom is -0.384 e. The third kappa shape index (κ3) is 3.11. The zero-order chi connectivity index (χ0) is 13.9. The first kappa shape index (κ1) is 13.8. The number of nitrogens with zero attached hydrogens (tertiary/aromatic N) is 3. The summed E-state index contributed by atoms with van der Waals surface area (Å²) in [5.41, 5.74) is 1.21. The zero-order valence-corrected chi connectivity index (χ0v) is 12.6. The van der Waals surface area contributed by atoms with Crippen molar-refractivity contribution in [1.29, 1.82) is 0 Å². The monoisotopic (exact) mass is 340 g/mol. The molecule has 1 saturated heterocycles. The van der Waals surface area contributed by atoms with Crippen molar-refractivity contribution in [2.45, 2.75) is 24.9 Å². The van der Waals surface area contributed by atoms with Crippen LogP contribution in [0, 0.1) is 0 Å². The SMILES string of the molecule is OC(CN1CCC(c2ccn[nH]2)CC1)c1cc(Br)no1. The molecule has 2 aromatic heterocycles. The summed E-state index contributed by atoms with van der Waals surface area (Å²) in [7, 11) is 0. The zero-order valence-electron chi connectivity index (χ0n) is 11.0. The Balaban J connectivity index is 1.51. The van der Waals surface area contributed by atoms with Gasteiger partial charge in [0.25, 0.3) is 0 Å². The van der Waals surface area contributed by atoms with Crippen molar-refractivity contribution in [2.75, 3.05) is 19.6 Å². The Morgan fingerprint density at radius 3 is 2.90 bits per heavy atom. The first-order valence-corrected chi connectivity index (χ1v) is 7.53. The van der Waals surface area contributed by atoms with E-state index in [0.29, 0.717) is 22.8 Å². The summed E-state index contributed by atoms with van der Waals surface area (Å²) in [6.07, 6.45) is 3.33. The van der Waals surface area contributed by atoms with E-state index in [1.807, 2.05) is 6.07 Å². The molecular weight excluding hydrogens is 324 g/mol. The predicted octanol–water partition coefficient (Wildman–Crippen LogP) is 2.07. The molecule has 20 heavy (non-hydrogen) atoms. The summed E-state index contributed by atoms with van der Waals surface area (Å²) < 4.78 is 5.68. The number of aliphatic hydroxyl groups is 1. The van der Waals surface area contributed by atoms with Crippen LogP contribution < -0.4 is 0 Å². The molecule has 0 aliphatic carbocycles. The van der Waals surface area contributed by atoms with E-state index in [4.69, 9.17) is 4.52 Å². The van der Waals surface area contributed by atoms with E-state index in [1.54, 1.807) is 12.3 Å². The maximum Gasteiger partial charge on any atom is 0.167 e. The Bertz CT molecular complexity index is 534. The largest absolute Gasteiger partial charge is 0.384 e. The second kappa shape index (κ2) is 6.07. The van der Waals surface area contributed by atoms with Gasteiger partial charge in [-0.2, -0.15) is 5.10 Å². The minimum atomic E-state index is -0.627. The molecule has 7 heteroatoms. The lowest BCUT2D eigenvalue weighted by atomic mass is 9.93. The van der Waals surface area contributed by atoms with E-state index in [2.05, 4.69) is 36.2 Å². The van der Waals surface area contributed by atoms with Gasteiger partial charge in [0, 0.05) is 30.4 Å². The summed E-state index contributed by atoms with van der Waals surface area (Å²) in [6, 6.07) is 3.75. The Hall–Kier alpha value is -1.18. The molecule has 1 atom stereocenters. The van der Waals surface area contributed by atoms with Gasteiger partial charge in [0.2, 0.25) is 0 Å². The highest BCUT2D eigenvalue weighted by Gasteiger charge is 2.24. The third-order valence-electron chi connectivity index (χ3n) is 3.81. The molecule has 1 fully saturated rings. The average Bonchev–Trinajstić information content (AvgIpc) is 3.10. The number of hydrogen-bond donors (Lipinski definition) is 2. The number of hydrogen-bond acceptors (Lipinski definition) is 5. The molecule has 0 spiro atoms. The van der Waals surface area contributed by atoms with Crippen LogP contribution in [0.1, 0.15) is 36.3 Å². The number of piperidine rings is 1. The maximum atomic E-state index is 10.1. The van der Waals surface area contributed by atoms with Crippen molar-refractivity contribution in [1.82, 2.24) is 20.3 Å². The molecule has 3 rings (SSSR count). The number of aliphatic hydroxyl groups excluding tert-OH is 1. The number of aromatic nitrogens is 3.